The lowest BCUT2D eigenvalue weighted by molar-refractivity contribution is -0.114. The van der Waals surface area contributed by atoms with Crippen molar-refractivity contribution in [2.45, 2.75) is 32.4 Å². The fourth-order valence-electron chi connectivity index (χ4n) is 3.84. The largest absolute Gasteiger partial charge is 0.494 e. The summed E-state index contributed by atoms with van der Waals surface area (Å²) in [5, 5.41) is 5.09. The number of anilines is 1. The Morgan fingerprint density at radius 3 is 3.04 bits per heavy atom. The number of hydrogen-bond donors (Lipinski definition) is 1. The van der Waals surface area contributed by atoms with E-state index in [1.54, 1.807) is 7.11 Å². The molecular formula is C18H20N2O2S. The topological polar surface area (TPSA) is 41.6 Å². The Morgan fingerprint density at radius 1 is 1.39 bits per heavy atom. The number of amides is 1. The van der Waals surface area contributed by atoms with Crippen LogP contribution in [-0.4, -0.2) is 24.5 Å². The molecule has 0 bridgehead atoms. The Kier molecular flexibility index (Phi) is 3.62. The quantitative estimate of drug-likeness (QED) is 0.919. The molecule has 0 saturated carbocycles. The van der Waals surface area contributed by atoms with Crippen molar-refractivity contribution in [3.63, 3.8) is 0 Å². The maximum Gasteiger partial charge on any atom is 0.221 e. The molecule has 2 aliphatic rings. The highest BCUT2D eigenvalue weighted by atomic mass is 32.1. The van der Waals surface area contributed by atoms with E-state index in [-0.39, 0.29) is 5.91 Å². The number of nitrogens with zero attached hydrogens (tertiary/aromatic N) is 1. The third-order valence-electron chi connectivity index (χ3n) is 4.85. The number of methoxy groups -OCH3 is 1. The second-order valence-corrected chi connectivity index (χ2v) is 7.21. The van der Waals surface area contributed by atoms with Gasteiger partial charge in [-0.05, 0) is 41.5 Å². The summed E-state index contributed by atoms with van der Waals surface area (Å²) in [7, 11) is 1.68. The number of nitrogens with one attached hydrogen (secondary N) is 1. The van der Waals surface area contributed by atoms with Gasteiger partial charge in [0.15, 0.2) is 0 Å². The molecule has 4 nitrogen and oxygen atoms in total. The van der Waals surface area contributed by atoms with E-state index in [1.165, 1.54) is 28.5 Å². The van der Waals surface area contributed by atoms with Gasteiger partial charge in [-0.1, -0.05) is 6.07 Å². The van der Waals surface area contributed by atoms with Crippen LogP contribution in [0.25, 0.3) is 0 Å². The van der Waals surface area contributed by atoms with Crippen LogP contribution in [0, 0.1) is 0 Å². The summed E-state index contributed by atoms with van der Waals surface area (Å²) >= 11 is 1.88. The molecule has 0 spiro atoms. The number of ether oxygens (including phenoxy) is 1. The average molecular weight is 328 g/mol. The van der Waals surface area contributed by atoms with Crippen LogP contribution in [0.1, 0.15) is 34.5 Å². The van der Waals surface area contributed by atoms with E-state index in [4.69, 9.17) is 4.74 Å². The Labute approximate surface area is 140 Å². The van der Waals surface area contributed by atoms with Crippen molar-refractivity contribution in [2.75, 3.05) is 19.0 Å². The highest BCUT2D eigenvalue weighted by Crippen LogP contribution is 2.43. The van der Waals surface area contributed by atoms with E-state index in [1.807, 2.05) is 17.4 Å². The van der Waals surface area contributed by atoms with Crippen LogP contribution in [-0.2, 0) is 24.2 Å². The zero-order chi connectivity index (χ0) is 16.0. The lowest BCUT2D eigenvalue weighted by Gasteiger charge is -2.40. The number of carbonyl (C=O) groups excluding carboxylic acids is 1. The molecule has 1 atom stereocenters. The summed E-state index contributed by atoms with van der Waals surface area (Å²) in [5.74, 6) is 0.741. The van der Waals surface area contributed by atoms with Gasteiger partial charge in [-0.2, -0.15) is 0 Å². The second kappa shape index (κ2) is 5.65. The minimum absolute atomic E-state index is 0.0715. The minimum atomic E-state index is -0.0715. The van der Waals surface area contributed by atoms with Crippen molar-refractivity contribution in [3.8, 4) is 5.75 Å². The smallest absolute Gasteiger partial charge is 0.221 e. The van der Waals surface area contributed by atoms with Crippen molar-refractivity contribution in [3.05, 3.63) is 45.1 Å². The van der Waals surface area contributed by atoms with Crippen molar-refractivity contribution in [2.24, 2.45) is 0 Å². The van der Waals surface area contributed by atoms with E-state index < -0.39 is 0 Å². The van der Waals surface area contributed by atoms with E-state index in [0.717, 1.165) is 37.4 Å². The third-order valence-corrected chi connectivity index (χ3v) is 5.85. The van der Waals surface area contributed by atoms with Gasteiger partial charge in [0.05, 0.1) is 12.8 Å². The fourth-order valence-corrected chi connectivity index (χ4v) is 4.77. The maximum atomic E-state index is 11.4. The summed E-state index contributed by atoms with van der Waals surface area (Å²) in [6.45, 7) is 3.49. The first-order valence-corrected chi connectivity index (χ1v) is 8.82. The SMILES string of the molecule is COc1c(NC(C)=O)ccc2c1CN1CCc3sccc3[C@@H]1C2. The van der Waals surface area contributed by atoms with Crippen LogP contribution in [0.15, 0.2) is 23.6 Å². The first-order chi connectivity index (χ1) is 11.2. The molecule has 5 heteroatoms. The Bertz CT molecular complexity index is 768. The Morgan fingerprint density at radius 2 is 2.26 bits per heavy atom. The molecule has 0 aliphatic carbocycles. The number of benzene rings is 1. The van der Waals surface area contributed by atoms with Crippen LogP contribution < -0.4 is 10.1 Å². The van der Waals surface area contributed by atoms with Crippen LogP contribution in [0.4, 0.5) is 5.69 Å². The van der Waals surface area contributed by atoms with Gasteiger partial charge in [0.2, 0.25) is 5.91 Å². The van der Waals surface area contributed by atoms with Gasteiger partial charge in [-0.15, -0.1) is 11.3 Å². The summed E-state index contributed by atoms with van der Waals surface area (Å²) in [4.78, 5) is 15.5. The molecule has 0 radical (unpaired) electrons. The second-order valence-electron chi connectivity index (χ2n) is 6.20. The van der Waals surface area contributed by atoms with E-state index in [2.05, 4.69) is 27.7 Å². The molecule has 0 unspecified atom stereocenters. The fraction of sp³-hybridized carbons (Fsp3) is 0.389. The zero-order valence-electron chi connectivity index (χ0n) is 13.4. The van der Waals surface area contributed by atoms with Gasteiger partial charge in [-0.25, -0.2) is 0 Å². The van der Waals surface area contributed by atoms with Crippen molar-refractivity contribution < 1.29 is 9.53 Å². The molecule has 1 N–H and O–H groups in total. The molecule has 1 amide bonds. The molecule has 1 aromatic carbocycles. The molecule has 1 aromatic heterocycles. The summed E-state index contributed by atoms with van der Waals surface area (Å²) in [5.41, 5.74) is 4.81. The Hall–Kier alpha value is -1.85. The van der Waals surface area contributed by atoms with Crippen LogP contribution >= 0.6 is 11.3 Å². The monoisotopic (exact) mass is 328 g/mol. The van der Waals surface area contributed by atoms with Crippen LogP contribution in [0.2, 0.25) is 0 Å². The maximum absolute atomic E-state index is 11.4. The lowest BCUT2D eigenvalue weighted by atomic mass is 9.86. The summed E-state index contributed by atoms with van der Waals surface area (Å²) in [6, 6.07) is 6.87. The van der Waals surface area contributed by atoms with Crippen LogP contribution in [0.3, 0.4) is 0 Å². The summed E-state index contributed by atoms with van der Waals surface area (Å²) < 4.78 is 5.64. The van der Waals surface area contributed by atoms with Gasteiger partial charge < -0.3 is 10.1 Å². The van der Waals surface area contributed by atoms with Crippen molar-refractivity contribution in [1.29, 1.82) is 0 Å². The molecule has 0 fully saturated rings. The molecule has 0 saturated heterocycles. The molecule has 2 aliphatic heterocycles. The van der Waals surface area contributed by atoms with E-state index in [9.17, 15) is 4.79 Å². The molecule has 120 valence electrons. The number of rotatable bonds is 2. The highest BCUT2D eigenvalue weighted by Gasteiger charge is 2.34. The molecule has 4 rings (SSSR count). The van der Waals surface area contributed by atoms with Gasteiger partial charge in [0.1, 0.15) is 5.75 Å². The number of fused-ring (bicyclic) bond motifs is 4. The van der Waals surface area contributed by atoms with Gasteiger partial charge >= 0.3 is 0 Å². The number of thiophene rings is 1. The predicted molar refractivity (Wildman–Crippen MR) is 92.2 cm³/mol. The first kappa shape index (κ1) is 14.7. The predicted octanol–water partition coefficient (Wildman–Crippen LogP) is 3.37. The molecule has 3 heterocycles. The summed E-state index contributed by atoms with van der Waals surface area (Å²) in [6.07, 6.45) is 2.14. The van der Waals surface area contributed by atoms with Gasteiger partial charge in [0, 0.05) is 36.5 Å². The van der Waals surface area contributed by atoms with Crippen LogP contribution in [0.5, 0.6) is 5.75 Å². The van der Waals surface area contributed by atoms with Crippen molar-refractivity contribution in [1.82, 2.24) is 4.90 Å². The molecular weight excluding hydrogens is 308 g/mol. The van der Waals surface area contributed by atoms with Crippen molar-refractivity contribution >= 4 is 22.9 Å². The zero-order valence-corrected chi connectivity index (χ0v) is 14.2. The molecule has 2 aromatic rings. The minimum Gasteiger partial charge on any atom is -0.494 e. The standard InChI is InChI=1S/C18H20N2O2S/c1-11(21)19-15-4-3-12-9-16-13-6-8-23-17(13)5-7-20(16)10-14(12)18(15)22-2/h3-4,6,8,16H,5,7,9-10H2,1-2H3,(H,19,21)/t16-/m0/s1. The number of hydrogen-bond acceptors (Lipinski definition) is 4. The van der Waals surface area contributed by atoms with Gasteiger partial charge in [0.25, 0.3) is 0 Å². The highest BCUT2D eigenvalue weighted by molar-refractivity contribution is 7.10. The number of carbonyl (C=O) groups is 1. The normalized spacial score (nSPS) is 19.5. The first-order valence-electron chi connectivity index (χ1n) is 7.94. The third kappa shape index (κ3) is 2.44. The lowest BCUT2D eigenvalue weighted by Crippen LogP contribution is -2.38. The van der Waals surface area contributed by atoms with Gasteiger partial charge in [-0.3, -0.25) is 9.69 Å². The Balaban J connectivity index is 1.74. The molecule has 23 heavy (non-hydrogen) atoms. The van der Waals surface area contributed by atoms with E-state index >= 15 is 0 Å². The van der Waals surface area contributed by atoms with E-state index in [0.29, 0.717) is 6.04 Å². The average Bonchev–Trinajstić information content (AvgIpc) is 3.01.